The van der Waals surface area contributed by atoms with Crippen molar-refractivity contribution in [3.63, 3.8) is 0 Å². The largest absolute Gasteiger partial charge is 0.487 e. The molecule has 15 heavy (non-hydrogen) atoms. The highest BCUT2D eigenvalue weighted by molar-refractivity contribution is 9.10. The molecule has 0 saturated heterocycles. The molecule has 1 aromatic rings. The van der Waals surface area contributed by atoms with E-state index in [9.17, 15) is 9.18 Å². The third-order valence-corrected chi connectivity index (χ3v) is 2.18. The van der Waals surface area contributed by atoms with Crippen LogP contribution in [0.25, 0.3) is 0 Å². The summed E-state index contributed by atoms with van der Waals surface area (Å²) in [5, 5.41) is 8.49. The SMILES string of the molecule is C[C@@H](CC(=O)O)Oc1ccc(Br)cc1F. The second-order valence-electron chi connectivity index (χ2n) is 3.10. The van der Waals surface area contributed by atoms with Crippen LogP contribution in [0.2, 0.25) is 0 Å². The number of ether oxygens (including phenoxy) is 1. The number of halogens is 2. The molecule has 0 spiro atoms. The van der Waals surface area contributed by atoms with Crippen molar-refractivity contribution in [1.29, 1.82) is 0 Å². The highest BCUT2D eigenvalue weighted by Crippen LogP contribution is 2.22. The molecule has 0 aliphatic heterocycles. The molecule has 0 aliphatic rings. The van der Waals surface area contributed by atoms with Crippen molar-refractivity contribution >= 4 is 21.9 Å². The second kappa shape index (κ2) is 5.11. The van der Waals surface area contributed by atoms with E-state index in [0.29, 0.717) is 4.47 Å². The van der Waals surface area contributed by atoms with Gasteiger partial charge in [-0.05, 0) is 25.1 Å². The van der Waals surface area contributed by atoms with Crippen molar-refractivity contribution in [2.45, 2.75) is 19.4 Å². The van der Waals surface area contributed by atoms with Gasteiger partial charge in [-0.3, -0.25) is 4.79 Å². The minimum atomic E-state index is -0.972. The van der Waals surface area contributed by atoms with Gasteiger partial charge in [0.15, 0.2) is 11.6 Å². The van der Waals surface area contributed by atoms with Gasteiger partial charge in [-0.25, -0.2) is 4.39 Å². The molecule has 1 N–H and O–H groups in total. The summed E-state index contributed by atoms with van der Waals surface area (Å²) in [5.41, 5.74) is 0. The lowest BCUT2D eigenvalue weighted by Crippen LogP contribution is -2.17. The number of carbonyl (C=O) groups is 1. The molecule has 1 rings (SSSR count). The summed E-state index contributed by atoms with van der Waals surface area (Å²) >= 11 is 3.11. The predicted octanol–water partition coefficient (Wildman–Crippen LogP) is 2.83. The molecule has 0 unspecified atom stereocenters. The summed E-state index contributed by atoms with van der Waals surface area (Å²) in [4.78, 5) is 10.4. The van der Waals surface area contributed by atoms with Crippen molar-refractivity contribution in [3.8, 4) is 5.75 Å². The number of hydrogen-bond donors (Lipinski definition) is 1. The Morgan fingerprint density at radius 2 is 2.33 bits per heavy atom. The Morgan fingerprint density at radius 3 is 2.87 bits per heavy atom. The summed E-state index contributed by atoms with van der Waals surface area (Å²) in [6, 6.07) is 4.35. The number of rotatable bonds is 4. The zero-order valence-corrected chi connectivity index (χ0v) is 9.62. The fraction of sp³-hybridized carbons (Fsp3) is 0.300. The van der Waals surface area contributed by atoms with E-state index in [1.807, 2.05) is 0 Å². The molecule has 0 heterocycles. The summed E-state index contributed by atoms with van der Waals surface area (Å²) < 4.78 is 19.0. The second-order valence-corrected chi connectivity index (χ2v) is 4.02. The maximum Gasteiger partial charge on any atom is 0.307 e. The summed E-state index contributed by atoms with van der Waals surface area (Å²) in [6.07, 6.45) is -0.714. The van der Waals surface area contributed by atoms with Crippen molar-refractivity contribution in [3.05, 3.63) is 28.5 Å². The minimum Gasteiger partial charge on any atom is -0.487 e. The number of benzene rings is 1. The fourth-order valence-corrected chi connectivity index (χ4v) is 1.41. The standard InChI is InChI=1S/C10H10BrFO3/c1-6(4-10(13)14)15-9-3-2-7(11)5-8(9)12/h2-3,5-6H,4H2,1H3,(H,13,14)/t6-/m0/s1. The lowest BCUT2D eigenvalue weighted by molar-refractivity contribution is -0.138. The Kier molecular flexibility index (Phi) is 4.08. The van der Waals surface area contributed by atoms with Gasteiger partial charge in [-0.2, -0.15) is 0 Å². The average Bonchev–Trinajstić information content (AvgIpc) is 2.08. The summed E-state index contributed by atoms with van der Waals surface area (Å²) in [6.45, 7) is 1.58. The topological polar surface area (TPSA) is 46.5 Å². The first-order valence-electron chi connectivity index (χ1n) is 4.32. The van der Waals surface area contributed by atoms with Crippen LogP contribution >= 0.6 is 15.9 Å². The van der Waals surface area contributed by atoms with Crippen molar-refractivity contribution in [2.75, 3.05) is 0 Å². The molecule has 3 nitrogen and oxygen atoms in total. The van der Waals surface area contributed by atoms with Crippen molar-refractivity contribution in [2.24, 2.45) is 0 Å². The number of aliphatic carboxylic acids is 1. The molecule has 0 saturated carbocycles. The van der Waals surface area contributed by atoms with E-state index in [0.717, 1.165) is 0 Å². The molecule has 1 aromatic carbocycles. The van der Waals surface area contributed by atoms with Gasteiger partial charge in [-0.1, -0.05) is 15.9 Å². The summed E-state index contributed by atoms with van der Waals surface area (Å²) in [7, 11) is 0. The number of carboxylic acid groups (broad SMARTS) is 1. The van der Waals surface area contributed by atoms with Gasteiger partial charge in [0.1, 0.15) is 6.10 Å². The van der Waals surface area contributed by atoms with Crippen LogP contribution < -0.4 is 4.74 Å². The minimum absolute atomic E-state index is 0.0620. The molecule has 0 radical (unpaired) electrons. The van der Waals surface area contributed by atoms with Crippen LogP contribution in [0, 0.1) is 5.82 Å². The quantitative estimate of drug-likeness (QED) is 0.920. The Balaban J connectivity index is 2.68. The third-order valence-electron chi connectivity index (χ3n) is 1.68. The molecule has 0 amide bonds. The van der Waals surface area contributed by atoms with Crippen LogP contribution in [0.15, 0.2) is 22.7 Å². The van der Waals surface area contributed by atoms with Crippen LogP contribution in [-0.2, 0) is 4.79 Å². The fourth-order valence-electron chi connectivity index (χ4n) is 1.08. The van der Waals surface area contributed by atoms with E-state index in [2.05, 4.69) is 15.9 Å². The van der Waals surface area contributed by atoms with E-state index < -0.39 is 17.9 Å². The molecule has 0 fully saturated rings. The molecule has 1 atom stereocenters. The maximum atomic E-state index is 13.2. The monoisotopic (exact) mass is 276 g/mol. The van der Waals surface area contributed by atoms with E-state index in [-0.39, 0.29) is 12.2 Å². The first-order valence-corrected chi connectivity index (χ1v) is 5.12. The van der Waals surface area contributed by atoms with Gasteiger partial charge in [-0.15, -0.1) is 0 Å². The van der Waals surface area contributed by atoms with Crippen LogP contribution in [0.3, 0.4) is 0 Å². The van der Waals surface area contributed by atoms with E-state index in [1.165, 1.54) is 12.1 Å². The molecular weight excluding hydrogens is 267 g/mol. The molecular formula is C10H10BrFO3. The van der Waals surface area contributed by atoms with Gasteiger partial charge < -0.3 is 9.84 Å². The first-order chi connectivity index (χ1) is 6.99. The van der Waals surface area contributed by atoms with Crippen molar-refractivity contribution < 1.29 is 19.0 Å². The Morgan fingerprint density at radius 1 is 1.67 bits per heavy atom. The predicted molar refractivity (Wildman–Crippen MR) is 56.4 cm³/mol. The van der Waals surface area contributed by atoms with E-state index in [1.54, 1.807) is 13.0 Å². The zero-order valence-electron chi connectivity index (χ0n) is 8.04. The molecule has 0 bridgehead atoms. The van der Waals surface area contributed by atoms with E-state index >= 15 is 0 Å². The van der Waals surface area contributed by atoms with Crippen LogP contribution in [0.5, 0.6) is 5.75 Å². The third kappa shape index (κ3) is 3.87. The average molecular weight is 277 g/mol. The lowest BCUT2D eigenvalue weighted by atomic mass is 10.3. The van der Waals surface area contributed by atoms with Crippen molar-refractivity contribution in [1.82, 2.24) is 0 Å². The number of hydrogen-bond acceptors (Lipinski definition) is 2. The van der Waals surface area contributed by atoms with Gasteiger partial charge in [0.25, 0.3) is 0 Å². The molecule has 5 heteroatoms. The van der Waals surface area contributed by atoms with E-state index in [4.69, 9.17) is 9.84 Å². The van der Waals surface area contributed by atoms with Gasteiger partial charge in [0, 0.05) is 4.47 Å². The molecule has 0 aliphatic carbocycles. The highest BCUT2D eigenvalue weighted by atomic mass is 79.9. The normalized spacial score (nSPS) is 12.2. The van der Waals surface area contributed by atoms with Crippen LogP contribution in [0.1, 0.15) is 13.3 Å². The van der Waals surface area contributed by atoms with Gasteiger partial charge in [0.05, 0.1) is 6.42 Å². The Bertz CT molecular complexity index is 368. The Labute approximate surface area is 95.0 Å². The maximum absolute atomic E-state index is 13.2. The highest BCUT2D eigenvalue weighted by Gasteiger charge is 2.11. The zero-order chi connectivity index (χ0) is 11.4. The van der Waals surface area contributed by atoms with Gasteiger partial charge in [0.2, 0.25) is 0 Å². The van der Waals surface area contributed by atoms with Crippen LogP contribution in [-0.4, -0.2) is 17.2 Å². The molecule has 0 aromatic heterocycles. The first kappa shape index (κ1) is 12.0. The van der Waals surface area contributed by atoms with Gasteiger partial charge >= 0.3 is 5.97 Å². The summed E-state index contributed by atoms with van der Waals surface area (Å²) in [5.74, 6) is -1.42. The number of carboxylic acids is 1. The Hall–Kier alpha value is -1.10. The van der Waals surface area contributed by atoms with Crippen LogP contribution in [0.4, 0.5) is 4.39 Å². The smallest absolute Gasteiger partial charge is 0.307 e. The lowest BCUT2D eigenvalue weighted by Gasteiger charge is -2.13. The molecule has 82 valence electrons.